The van der Waals surface area contributed by atoms with Crippen molar-refractivity contribution in [3.05, 3.63) is 24.0 Å². The van der Waals surface area contributed by atoms with Crippen molar-refractivity contribution < 1.29 is 74.0 Å². The van der Waals surface area contributed by atoms with Crippen molar-refractivity contribution >= 4 is 17.9 Å². The normalized spacial score (nSPS) is 17.6. The van der Waals surface area contributed by atoms with Gasteiger partial charge < -0.3 is 29.9 Å². The summed E-state index contributed by atoms with van der Waals surface area (Å²) >= 11 is 0. The summed E-state index contributed by atoms with van der Waals surface area (Å²) in [5.41, 5.74) is 1.69. The number of alkyl halides is 9. The lowest BCUT2D eigenvalue weighted by molar-refractivity contribution is -0.193. The molecule has 2 saturated heterocycles. The minimum atomic E-state index is -5.08. The Kier molecular flexibility index (Phi) is 16.7. The number of aliphatic carboxylic acids is 3. The van der Waals surface area contributed by atoms with Gasteiger partial charge in [-0.15, -0.1) is 0 Å². The van der Waals surface area contributed by atoms with E-state index in [0.717, 1.165) is 39.4 Å². The highest BCUT2D eigenvalue weighted by Crippen LogP contribution is 2.34. The fraction of sp³-hybridized carbons (Fsp3) is 0.708. The van der Waals surface area contributed by atoms with Gasteiger partial charge in [0.15, 0.2) is 0 Å². The quantitative estimate of drug-likeness (QED) is 0.346. The lowest BCUT2D eigenvalue weighted by atomic mass is 9.78. The topological polar surface area (TPSA) is 147 Å². The van der Waals surface area contributed by atoms with Crippen molar-refractivity contribution in [3.8, 4) is 0 Å². The number of H-pyrrole nitrogens is 1. The number of ether oxygens (including phenoxy) is 1. The Morgan fingerprint density at radius 1 is 0.864 bits per heavy atom. The predicted octanol–water partition coefficient (Wildman–Crippen LogP) is 3.39. The molecule has 0 atom stereocenters. The minimum Gasteiger partial charge on any atom is -0.475 e. The number of halogens is 9. The van der Waals surface area contributed by atoms with Crippen LogP contribution in [0.4, 0.5) is 39.5 Å². The smallest absolute Gasteiger partial charge is 0.475 e. The molecule has 1 aromatic heterocycles. The predicted molar refractivity (Wildman–Crippen MR) is 135 cm³/mol. The SMILES string of the molecule is CN(C)CCN1CCOCC2(CCN(Cc3ccc[nH]3)CC2)C1.O=C(O)C(F)(F)F.O=C(O)C(F)(F)F.O=C(O)C(F)(F)F. The molecule has 0 aromatic carbocycles. The van der Waals surface area contributed by atoms with E-state index in [1.54, 1.807) is 0 Å². The number of hydrogen-bond donors (Lipinski definition) is 4. The fourth-order valence-electron chi connectivity index (χ4n) is 3.81. The van der Waals surface area contributed by atoms with E-state index in [1.165, 1.54) is 38.2 Å². The second-order valence-corrected chi connectivity index (χ2v) is 10.0. The number of hydrogen-bond acceptors (Lipinski definition) is 7. The Hall–Kier alpha value is -3.10. The largest absolute Gasteiger partial charge is 0.490 e. The van der Waals surface area contributed by atoms with Crippen molar-refractivity contribution in [2.75, 3.05) is 66.6 Å². The molecule has 11 nitrogen and oxygen atoms in total. The van der Waals surface area contributed by atoms with Crippen LogP contribution in [0.15, 0.2) is 18.3 Å². The molecule has 256 valence electrons. The van der Waals surface area contributed by atoms with Crippen LogP contribution in [-0.2, 0) is 25.7 Å². The molecule has 0 aliphatic carbocycles. The molecule has 0 bridgehead atoms. The van der Waals surface area contributed by atoms with Crippen LogP contribution in [0.5, 0.6) is 0 Å². The van der Waals surface area contributed by atoms with Crippen LogP contribution in [0.1, 0.15) is 18.5 Å². The summed E-state index contributed by atoms with van der Waals surface area (Å²) < 4.78 is 101. The molecule has 20 heteroatoms. The Bertz CT molecular complexity index is 937. The van der Waals surface area contributed by atoms with Crippen LogP contribution < -0.4 is 0 Å². The first-order valence-electron chi connectivity index (χ1n) is 12.7. The number of likely N-dealkylation sites (tertiary alicyclic amines) is 1. The van der Waals surface area contributed by atoms with Gasteiger partial charge in [-0.3, -0.25) is 9.80 Å². The lowest BCUT2D eigenvalue weighted by Gasteiger charge is -2.42. The first kappa shape index (κ1) is 40.9. The van der Waals surface area contributed by atoms with Gasteiger partial charge in [0.1, 0.15) is 0 Å². The molecule has 1 spiro atoms. The van der Waals surface area contributed by atoms with Gasteiger partial charge in [0.2, 0.25) is 0 Å². The van der Waals surface area contributed by atoms with Gasteiger partial charge in [0.25, 0.3) is 0 Å². The maximum absolute atomic E-state index is 10.6. The molecule has 0 unspecified atom stereocenters. The van der Waals surface area contributed by atoms with Crippen LogP contribution >= 0.6 is 0 Å². The van der Waals surface area contributed by atoms with Gasteiger partial charge >= 0.3 is 36.4 Å². The molecule has 3 heterocycles. The van der Waals surface area contributed by atoms with Gasteiger partial charge in [-0.1, -0.05) is 0 Å². The summed E-state index contributed by atoms with van der Waals surface area (Å²) in [6.45, 7) is 9.84. The van der Waals surface area contributed by atoms with E-state index in [-0.39, 0.29) is 0 Å². The molecule has 4 N–H and O–H groups in total. The maximum atomic E-state index is 10.6. The van der Waals surface area contributed by atoms with E-state index in [0.29, 0.717) is 5.41 Å². The summed E-state index contributed by atoms with van der Waals surface area (Å²) in [5.74, 6) is -8.27. The zero-order valence-corrected chi connectivity index (χ0v) is 23.7. The van der Waals surface area contributed by atoms with Crippen LogP contribution in [0.25, 0.3) is 0 Å². The van der Waals surface area contributed by atoms with Crippen LogP contribution in [0.3, 0.4) is 0 Å². The minimum absolute atomic E-state index is 0.370. The van der Waals surface area contributed by atoms with Crippen molar-refractivity contribution in [2.45, 2.75) is 37.9 Å². The van der Waals surface area contributed by atoms with Crippen molar-refractivity contribution in [1.82, 2.24) is 19.7 Å². The molecule has 44 heavy (non-hydrogen) atoms. The number of carbonyl (C=O) groups is 3. The second-order valence-electron chi connectivity index (χ2n) is 10.0. The van der Waals surface area contributed by atoms with Crippen molar-refractivity contribution in [3.63, 3.8) is 0 Å². The molecule has 2 aliphatic rings. The third kappa shape index (κ3) is 17.9. The molecule has 3 rings (SSSR count). The highest BCUT2D eigenvalue weighted by atomic mass is 19.4. The summed E-state index contributed by atoms with van der Waals surface area (Å²) in [5, 5.41) is 21.4. The average Bonchev–Trinajstić information content (AvgIpc) is 3.31. The van der Waals surface area contributed by atoms with E-state index in [2.05, 4.69) is 45.9 Å². The highest BCUT2D eigenvalue weighted by Gasteiger charge is 2.40. The Morgan fingerprint density at radius 3 is 1.68 bits per heavy atom. The van der Waals surface area contributed by atoms with E-state index in [1.807, 2.05) is 6.20 Å². The van der Waals surface area contributed by atoms with Crippen LogP contribution in [0.2, 0.25) is 0 Å². The standard InChI is InChI=1S/C18H32N4O.3C2HF3O2/c1-20(2)10-11-22-12-13-23-16-18(15-22)5-8-21(9-6-18)14-17-4-3-7-19-17;3*3-2(4,5)1(6)7/h3-4,7,19H,5-6,8-16H2,1-2H3;3*(H,6,7). The van der Waals surface area contributed by atoms with Crippen molar-refractivity contribution in [1.29, 1.82) is 0 Å². The number of aromatic nitrogens is 1. The summed E-state index contributed by atoms with van der Waals surface area (Å²) in [6, 6.07) is 4.27. The number of carboxylic acids is 3. The molecule has 2 fully saturated rings. The molecular formula is C24H35F9N4O7. The second kappa shape index (κ2) is 18.0. The zero-order valence-electron chi connectivity index (χ0n) is 23.7. The summed E-state index contributed by atoms with van der Waals surface area (Å²) in [4.78, 5) is 37.5. The summed E-state index contributed by atoms with van der Waals surface area (Å²) in [6.07, 6.45) is -10.7. The van der Waals surface area contributed by atoms with Gasteiger partial charge in [-0.05, 0) is 52.2 Å². The van der Waals surface area contributed by atoms with Gasteiger partial charge in [0.05, 0.1) is 13.2 Å². The lowest BCUT2D eigenvalue weighted by Crippen LogP contribution is -2.48. The molecule has 2 aliphatic heterocycles. The molecule has 0 radical (unpaired) electrons. The third-order valence-corrected chi connectivity index (χ3v) is 6.08. The number of piperidine rings is 1. The maximum Gasteiger partial charge on any atom is 0.490 e. The molecule has 1 aromatic rings. The van der Waals surface area contributed by atoms with Crippen LogP contribution in [-0.4, -0.2) is 138 Å². The number of likely N-dealkylation sites (N-methyl/N-ethyl adjacent to an activating group) is 1. The highest BCUT2D eigenvalue weighted by molar-refractivity contribution is 5.73. The van der Waals surface area contributed by atoms with E-state index < -0.39 is 36.4 Å². The number of nitrogens with zero attached hydrogens (tertiary/aromatic N) is 3. The van der Waals surface area contributed by atoms with Gasteiger partial charge in [-0.2, -0.15) is 39.5 Å². The molecule has 0 amide bonds. The number of carboxylic acid groups (broad SMARTS) is 3. The van der Waals surface area contributed by atoms with Gasteiger partial charge in [0, 0.05) is 50.0 Å². The molecular weight excluding hydrogens is 627 g/mol. The Labute approximate surface area is 246 Å². The van der Waals surface area contributed by atoms with E-state index in [4.69, 9.17) is 34.4 Å². The Balaban J connectivity index is 0.000000721. The monoisotopic (exact) mass is 662 g/mol. The average molecular weight is 663 g/mol. The Morgan fingerprint density at radius 2 is 1.32 bits per heavy atom. The number of nitrogens with one attached hydrogen (secondary N) is 1. The number of rotatable bonds is 5. The van der Waals surface area contributed by atoms with E-state index in [9.17, 15) is 39.5 Å². The zero-order chi connectivity index (χ0) is 34.4. The van der Waals surface area contributed by atoms with Crippen LogP contribution in [0, 0.1) is 5.41 Å². The first-order chi connectivity index (χ1) is 20.0. The van der Waals surface area contributed by atoms with Crippen molar-refractivity contribution in [2.24, 2.45) is 5.41 Å². The third-order valence-electron chi connectivity index (χ3n) is 6.08. The summed E-state index contributed by atoms with van der Waals surface area (Å²) in [7, 11) is 4.31. The van der Waals surface area contributed by atoms with E-state index >= 15 is 0 Å². The fourth-order valence-corrected chi connectivity index (χ4v) is 3.81. The number of aromatic amines is 1. The van der Waals surface area contributed by atoms with Gasteiger partial charge in [-0.25, -0.2) is 14.4 Å². The first-order valence-corrected chi connectivity index (χ1v) is 12.7. The molecule has 0 saturated carbocycles.